The monoisotopic (exact) mass is 349 g/mol. The fourth-order valence-corrected chi connectivity index (χ4v) is 3.94. The first kappa shape index (κ1) is 15.5. The van der Waals surface area contributed by atoms with Crippen molar-refractivity contribution in [1.29, 1.82) is 0 Å². The largest absolute Gasteiger partial charge is 0.277 e. The third-order valence-corrected chi connectivity index (χ3v) is 5.16. The molecule has 0 saturated carbocycles. The average molecular weight is 349 g/mol. The predicted molar refractivity (Wildman–Crippen MR) is 111 cm³/mol. The van der Waals surface area contributed by atoms with Crippen LogP contribution in [0.5, 0.6) is 0 Å². The summed E-state index contributed by atoms with van der Waals surface area (Å²) >= 11 is 0. The van der Waals surface area contributed by atoms with E-state index in [-0.39, 0.29) is 10.6 Å². The predicted octanol–water partition coefficient (Wildman–Crippen LogP) is 6.72. The van der Waals surface area contributed by atoms with Crippen LogP contribution in [0.1, 0.15) is 0 Å². The molecule has 3 heteroatoms. The summed E-state index contributed by atoms with van der Waals surface area (Å²) in [7, 11) is 0. The molecule has 27 heavy (non-hydrogen) atoms. The van der Waals surface area contributed by atoms with Gasteiger partial charge in [0, 0.05) is 6.07 Å². The van der Waals surface area contributed by atoms with Crippen LogP contribution < -0.4 is 0 Å². The quantitative estimate of drug-likeness (QED) is 0.202. The number of nitrogens with zero attached hydrogens (tertiary/aromatic N) is 1. The molecule has 0 radical (unpaired) electrons. The highest BCUT2D eigenvalue weighted by molar-refractivity contribution is 6.21. The smallest absolute Gasteiger partial charge is 0.258 e. The van der Waals surface area contributed by atoms with Gasteiger partial charge in [-0.2, -0.15) is 0 Å². The van der Waals surface area contributed by atoms with Crippen LogP contribution in [0.15, 0.2) is 91.0 Å². The Labute approximate surface area is 155 Å². The first-order chi connectivity index (χ1) is 13.2. The van der Waals surface area contributed by atoms with Gasteiger partial charge in [-0.05, 0) is 50.0 Å². The van der Waals surface area contributed by atoms with Crippen LogP contribution in [0.25, 0.3) is 43.4 Å². The zero-order chi connectivity index (χ0) is 18.4. The first-order valence-electron chi connectivity index (χ1n) is 8.81. The molecule has 3 nitrogen and oxygen atoms in total. The highest BCUT2D eigenvalue weighted by atomic mass is 16.6. The van der Waals surface area contributed by atoms with Crippen molar-refractivity contribution in [2.45, 2.75) is 0 Å². The van der Waals surface area contributed by atoms with Crippen LogP contribution in [0, 0.1) is 10.1 Å². The summed E-state index contributed by atoms with van der Waals surface area (Å²) in [4.78, 5) is 11.3. The number of fused-ring (bicyclic) bond motifs is 5. The van der Waals surface area contributed by atoms with Crippen molar-refractivity contribution in [2.24, 2.45) is 0 Å². The maximum Gasteiger partial charge on any atom is 0.277 e. The molecule has 0 unspecified atom stereocenters. The molecule has 0 bridgehead atoms. The van der Waals surface area contributed by atoms with E-state index in [1.165, 1.54) is 0 Å². The van der Waals surface area contributed by atoms with Gasteiger partial charge in [0.05, 0.1) is 10.5 Å². The van der Waals surface area contributed by atoms with Gasteiger partial charge in [0.1, 0.15) is 0 Å². The Morgan fingerprint density at radius 3 is 2.00 bits per heavy atom. The molecule has 128 valence electrons. The van der Waals surface area contributed by atoms with Gasteiger partial charge < -0.3 is 0 Å². The van der Waals surface area contributed by atoms with E-state index in [0.717, 1.165) is 37.9 Å². The third kappa shape index (κ3) is 2.36. The molecule has 0 fully saturated rings. The van der Waals surface area contributed by atoms with Crippen molar-refractivity contribution < 1.29 is 4.92 Å². The Morgan fingerprint density at radius 1 is 0.556 bits per heavy atom. The topological polar surface area (TPSA) is 43.1 Å². The molecule has 0 aromatic heterocycles. The second kappa shape index (κ2) is 5.92. The van der Waals surface area contributed by atoms with Crippen molar-refractivity contribution in [1.82, 2.24) is 0 Å². The van der Waals surface area contributed by atoms with E-state index < -0.39 is 0 Å². The molecular formula is C24H15NO2. The number of nitro groups is 1. The molecule has 0 amide bonds. The highest BCUT2D eigenvalue weighted by Crippen LogP contribution is 2.40. The van der Waals surface area contributed by atoms with Gasteiger partial charge in [0.15, 0.2) is 0 Å². The molecule has 0 saturated heterocycles. The van der Waals surface area contributed by atoms with Gasteiger partial charge in [0.2, 0.25) is 0 Å². The minimum absolute atomic E-state index is 0.127. The molecule has 0 heterocycles. The zero-order valence-corrected chi connectivity index (χ0v) is 14.4. The van der Waals surface area contributed by atoms with Crippen LogP contribution >= 0.6 is 0 Å². The number of nitro benzene ring substituents is 1. The maximum atomic E-state index is 11.6. The lowest BCUT2D eigenvalue weighted by Crippen LogP contribution is -1.93. The molecule has 0 atom stereocenters. The van der Waals surface area contributed by atoms with Gasteiger partial charge in [-0.1, -0.05) is 72.8 Å². The Kier molecular flexibility index (Phi) is 3.41. The standard InChI is InChI=1S/C24H15NO2/c26-25(27)24-12-6-5-11-21(24)23-15-22-17-8-2-1-7-16(17)13-14-20(22)18-9-3-4-10-19(18)23/h1-15H. The van der Waals surface area contributed by atoms with Crippen LogP contribution in [-0.2, 0) is 0 Å². The van der Waals surface area contributed by atoms with E-state index in [4.69, 9.17) is 0 Å². The van der Waals surface area contributed by atoms with Crippen LogP contribution in [0.3, 0.4) is 0 Å². The van der Waals surface area contributed by atoms with E-state index in [0.29, 0.717) is 5.56 Å². The van der Waals surface area contributed by atoms with Crippen LogP contribution in [-0.4, -0.2) is 4.92 Å². The molecule has 5 aromatic carbocycles. The Balaban J connectivity index is 2.00. The van der Waals surface area contributed by atoms with Crippen molar-refractivity contribution in [3.8, 4) is 11.1 Å². The summed E-state index contributed by atoms with van der Waals surface area (Å²) in [6.45, 7) is 0. The highest BCUT2D eigenvalue weighted by Gasteiger charge is 2.18. The summed E-state index contributed by atoms with van der Waals surface area (Å²) in [6.07, 6.45) is 0. The fourth-order valence-electron chi connectivity index (χ4n) is 3.94. The Bertz CT molecular complexity index is 1360. The second-order valence-corrected chi connectivity index (χ2v) is 6.63. The lowest BCUT2D eigenvalue weighted by molar-refractivity contribution is -0.384. The van der Waals surface area contributed by atoms with Gasteiger partial charge in [0.25, 0.3) is 5.69 Å². The van der Waals surface area contributed by atoms with Crippen molar-refractivity contribution in [3.05, 3.63) is 101 Å². The summed E-state index contributed by atoms with van der Waals surface area (Å²) in [5.74, 6) is 0. The number of hydrogen-bond acceptors (Lipinski definition) is 2. The number of rotatable bonds is 2. The van der Waals surface area contributed by atoms with Crippen molar-refractivity contribution in [3.63, 3.8) is 0 Å². The van der Waals surface area contributed by atoms with Crippen LogP contribution in [0.2, 0.25) is 0 Å². The molecule has 0 aliphatic heterocycles. The lowest BCUT2D eigenvalue weighted by atomic mass is 9.90. The van der Waals surface area contributed by atoms with E-state index in [2.05, 4.69) is 36.4 Å². The first-order valence-corrected chi connectivity index (χ1v) is 8.81. The lowest BCUT2D eigenvalue weighted by Gasteiger charge is -2.13. The van der Waals surface area contributed by atoms with Crippen molar-refractivity contribution >= 4 is 38.0 Å². The van der Waals surface area contributed by atoms with Gasteiger partial charge in [-0.15, -0.1) is 0 Å². The Hall–Kier alpha value is -3.72. The molecule has 0 spiro atoms. The molecule has 5 aromatic rings. The van der Waals surface area contributed by atoms with Crippen molar-refractivity contribution in [2.75, 3.05) is 0 Å². The molecule has 0 aliphatic rings. The fraction of sp³-hybridized carbons (Fsp3) is 0. The SMILES string of the molecule is O=[N+]([O-])c1ccccc1-c1cc2c3ccccc3ccc2c2ccccc12. The summed E-state index contributed by atoms with van der Waals surface area (Å²) in [5.41, 5.74) is 1.66. The third-order valence-electron chi connectivity index (χ3n) is 5.16. The molecule has 0 aliphatic carbocycles. The summed E-state index contributed by atoms with van der Waals surface area (Å²) < 4.78 is 0. The Morgan fingerprint density at radius 2 is 1.19 bits per heavy atom. The molecule has 5 rings (SSSR count). The van der Waals surface area contributed by atoms with E-state index >= 15 is 0 Å². The second-order valence-electron chi connectivity index (χ2n) is 6.63. The average Bonchev–Trinajstić information content (AvgIpc) is 2.73. The number of hydrogen-bond donors (Lipinski definition) is 0. The van der Waals surface area contributed by atoms with Gasteiger partial charge in [-0.3, -0.25) is 10.1 Å². The maximum absolute atomic E-state index is 11.6. The number of benzene rings is 5. The number of para-hydroxylation sites is 1. The zero-order valence-electron chi connectivity index (χ0n) is 14.4. The van der Waals surface area contributed by atoms with E-state index in [9.17, 15) is 10.1 Å². The molecular weight excluding hydrogens is 334 g/mol. The minimum atomic E-state index is -0.308. The van der Waals surface area contributed by atoms with Gasteiger partial charge >= 0.3 is 0 Å². The normalized spacial score (nSPS) is 11.3. The molecule has 0 N–H and O–H groups in total. The summed E-state index contributed by atoms with van der Waals surface area (Å²) in [6, 6.07) is 29.7. The van der Waals surface area contributed by atoms with E-state index in [1.807, 2.05) is 42.5 Å². The van der Waals surface area contributed by atoms with Gasteiger partial charge in [-0.25, -0.2) is 0 Å². The van der Waals surface area contributed by atoms with Crippen LogP contribution in [0.4, 0.5) is 5.69 Å². The van der Waals surface area contributed by atoms with E-state index in [1.54, 1.807) is 12.1 Å². The minimum Gasteiger partial charge on any atom is -0.258 e. The summed E-state index contributed by atoms with van der Waals surface area (Å²) in [5, 5.41) is 18.3.